The van der Waals surface area contributed by atoms with E-state index in [4.69, 9.17) is 4.74 Å². The van der Waals surface area contributed by atoms with Crippen molar-refractivity contribution in [2.24, 2.45) is 0 Å². The number of aromatic nitrogens is 2. The van der Waals surface area contributed by atoms with Gasteiger partial charge in [-0.1, -0.05) is 54.6 Å². The first kappa shape index (κ1) is 21.9. The molecular formula is C25H19IN2O4S. The van der Waals surface area contributed by atoms with E-state index < -0.39 is 10.0 Å². The van der Waals surface area contributed by atoms with Crippen LogP contribution in [0.25, 0.3) is 21.8 Å². The molecule has 0 aliphatic carbocycles. The van der Waals surface area contributed by atoms with Crippen LogP contribution in [-0.2, 0) is 21.5 Å². The number of halogens is 1. The minimum absolute atomic E-state index is 0.112. The Morgan fingerprint density at radius 3 is 2.27 bits per heavy atom. The summed E-state index contributed by atoms with van der Waals surface area (Å²) in [7, 11) is -2.47. The highest BCUT2D eigenvalue weighted by molar-refractivity contribution is 14.1. The van der Waals surface area contributed by atoms with Gasteiger partial charge in [0.1, 0.15) is 12.4 Å². The zero-order valence-electron chi connectivity index (χ0n) is 17.6. The molecule has 3 aromatic carbocycles. The second-order valence-corrected chi connectivity index (χ2v) is 10.4. The van der Waals surface area contributed by atoms with E-state index in [0.29, 0.717) is 20.2 Å². The maximum Gasteiger partial charge on any atom is 0.268 e. The quantitative estimate of drug-likeness (QED) is 0.206. The number of para-hydroxylation sites is 2. The van der Waals surface area contributed by atoms with Gasteiger partial charge in [0.2, 0.25) is 5.78 Å². The highest BCUT2D eigenvalue weighted by Crippen LogP contribution is 2.34. The number of carbonyl (C=O) groups excluding carboxylic acids is 1. The van der Waals surface area contributed by atoms with Crippen LogP contribution in [0, 0.1) is 3.57 Å². The fourth-order valence-corrected chi connectivity index (χ4v) is 6.75. The van der Waals surface area contributed by atoms with E-state index in [0.717, 1.165) is 10.9 Å². The van der Waals surface area contributed by atoms with E-state index in [2.05, 4.69) is 22.6 Å². The molecule has 0 saturated carbocycles. The van der Waals surface area contributed by atoms with Gasteiger partial charge >= 0.3 is 0 Å². The molecule has 0 unspecified atom stereocenters. The number of carbonyl (C=O) groups is 1. The average molecular weight is 570 g/mol. The number of methoxy groups -OCH3 is 1. The maximum atomic E-state index is 14.0. The normalized spacial score (nSPS) is 11.9. The summed E-state index contributed by atoms with van der Waals surface area (Å²) >= 11 is 2.07. The number of nitrogens with zero attached hydrogens (tertiary/aromatic N) is 2. The van der Waals surface area contributed by atoms with Crippen LogP contribution in [0.5, 0.6) is 0 Å². The van der Waals surface area contributed by atoms with Gasteiger partial charge in [0.15, 0.2) is 0 Å². The van der Waals surface area contributed by atoms with Gasteiger partial charge in [-0.15, -0.1) is 0 Å². The first-order chi connectivity index (χ1) is 15.9. The maximum absolute atomic E-state index is 14.0. The summed E-state index contributed by atoms with van der Waals surface area (Å²) in [6.45, 7) is 0.164. The van der Waals surface area contributed by atoms with E-state index in [1.807, 2.05) is 36.4 Å². The van der Waals surface area contributed by atoms with Crippen molar-refractivity contribution in [1.82, 2.24) is 8.54 Å². The Kier molecular flexibility index (Phi) is 5.59. The number of fused-ring (bicyclic) bond motifs is 2. The zero-order valence-corrected chi connectivity index (χ0v) is 20.6. The second kappa shape index (κ2) is 8.44. The first-order valence-corrected chi connectivity index (χ1v) is 12.7. The van der Waals surface area contributed by atoms with Gasteiger partial charge in [0.05, 0.1) is 25.2 Å². The molecule has 2 heterocycles. The molecule has 8 heteroatoms. The van der Waals surface area contributed by atoms with Gasteiger partial charge in [0.25, 0.3) is 10.0 Å². The Morgan fingerprint density at radius 2 is 1.55 bits per heavy atom. The van der Waals surface area contributed by atoms with Gasteiger partial charge < -0.3 is 9.30 Å². The van der Waals surface area contributed by atoms with Crippen molar-refractivity contribution in [3.63, 3.8) is 0 Å². The standard InChI is InChI=1S/C25H19IN2O4S/c1-32-16-27-20-13-7-5-9-17(20)15-22(27)25(29)24-23(26)19-12-6-8-14-21(19)28(24)33(30,31)18-10-3-2-4-11-18/h2-15H,16H2,1H3. The van der Waals surface area contributed by atoms with Crippen LogP contribution in [0.4, 0.5) is 0 Å². The Morgan fingerprint density at radius 1 is 0.909 bits per heavy atom. The van der Waals surface area contributed by atoms with E-state index in [1.54, 1.807) is 48.1 Å². The van der Waals surface area contributed by atoms with Gasteiger partial charge in [-0.3, -0.25) is 4.79 Å². The zero-order chi connectivity index (χ0) is 23.2. The molecule has 0 aliphatic rings. The summed E-state index contributed by atoms with van der Waals surface area (Å²) in [6.07, 6.45) is 0. The Balaban J connectivity index is 1.83. The third-order valence-corrected chi connectivity index (χ3v) is 8.39. The molecule has 2 aromatic heterocycles. The van der Waals surface area contributed by atoms with Crippen LogP contribution < -0.4 is 0 Å². The van der Waals surface area contributed by atoms with Crippen LogP contribution >= 0.6 is 22.6 Å². The molecule has 0 fully saturated rings. The SMILES string of the molecule is COCn1c(C(=O)c2c(I)c3ccccc3n2S(=O)(=O)c2ccccc2)cc2ccccc21. The molecular weight excluding hydrogens is 551 g/mol. The number of hydrogen-bond donors (Lipinski definition) is 0. The fraction of sp³-hybridized carbons (Fsp3) is 0.0800. The highest BCUT2D eigenvalue weighted by Gasteiger charge is 2.31. The molecule has 5 rings (SSSR count). The highest BCUT2D eigenvalue weighted by atomic mass is 127. The molecule has 5 aromatic rings. The summed E-state index contributed by atoms with van der Waals surface area (Å²) in [5, 5.41) is 1.58. The molecule has 166 valence electrons. The average Bonchev–Trinajstić information content (AvgIpc) is 3.36. The minimum atomic E-state index is -4.03. The lowest BCUT2D eigenvalue weighted by Crippen LogP contribution is -2.21. The fourth-order valence-electron chi connectivity index (χ4n) is 4.10. The minimum Gasteiger partial charge on any atom is -0.364 e. The summed E-state index contributed by atoms with van der Waals surface area (Å²) in [5.74, 6) is -0.386. The predicted molar refractivity (Wildman–Crippen MR) is 136 cm³/mol. The topological polar surface area (TPSA) is 70.3 Å². The van der Waals surface area contributed by atoms with Gasteiger partial charge in [0, 0.05) is 17.9 Å². The van der Waals surface area contributed by atoms with Crippen LogP contribution in [0.3, 0.4) is 0 Å². The van der Waals surface area contributed by atoms with Crippen molar-refractivity contribution >= 4 is 60.2 Å². The molecule has 0 amide bonds. The molecule has 0 aliphatic heterocycles. The Hall–Kier alpha value is -2.95. The molecule has 0 atom stereocenters. The van der Waals surface area contributed by atoms with E-state index in [1.165, 1.54) is 16.1 Å². The van der Waals surface area contributed by atoms with E-state index in [-0.39, 0.29) is 23.1 Å². The Bertz CT molecular complexity index is 1620. The van der Waals surface area contributed by atoms with Crippen molar-refractivity contribution in [3.8, 4) is 0 Å². The predicted octanol–water partition coefficient (Wildman–Crippen LogP) is 5.27. The molecule has 6 nitrogen and oxygen atoms in total. The first-order valence-electron chi connectivity index (χ1n) is 10.2. The van der Waals surface area contributed by atoms with E-state index in [9.17, 15) is 13.2 Å². The number of ether oxygens (including phenoxy) is 1. The van der Waals surface area contributed by atoms with Gasteiger partial charge in [-0.25, -0.2) is 12.4 Å². The second-order valence-electron chi connectivity index (χ2n) is 7.53. The van der Waals surface area contributed by atoms with Crippen molar-refractivity contribution in [3.05, 3.63) is 99.9 Å². The molecule has 0 bridgehead atoms. The number of ketones is 1. The molecule has 0 spiro atoms. The van der Waals surface area contributed by atoms with Crippen molar-refractivity contribution in [2.45, 2.75) is 11.6 Å². The summed E-state index contributed by atoms with van der Waals surface area (Å²) in [5.41, 5.74) is 1.78. The number of hydrogen-bond acceptors (Lipinski definition) is 4. The van der Waals surface area contributed by atoms with Gasteiger partial charge in [-0.2, -0.15) is 0 Å². The van der Waals surface area contributed by atoms with Crippen molar-refractivity contribution < 1.29 is 17.9 Å². The summed E-state index contributed by atoms with van der Waals surface area (Å²) in [4.78, 5) is 14.2. The lowest BCUT2D eigenvalue weighted by molar-refractivity contribution is 0.0988. The van der Waals surface area contributed by atoms with E-state index >= 15 is 0 Å². The number of benzene rings is 3. The van der Waals surface area contributed by atoms with Crippen LogP contribution in [0.2, 0.25) is 0 Å². The summed E-state index contributed by atoms with van der Waals surface area (Å²) in [6, 6.07) is 24.7. The van der Waals surface area contributed by atoms with Crippen LogP contribution in [0.1, 0.15) is 16.2 Å². The smallest absolute Gasteiger partial charge is 0.268 e. The lowest BCUT2D eigenvalue weighted by Gasteiger charge is -2.13. The largest absolute Gasteiger partial charge is 0.364 e. The van der Waals surface area contributed by atoms with Crippen LogP contribution in [0.15, 0.2) is 89.8 Å². The molecule has 0 radical (unpaired) electrons. The van der Waals surface area contributed by atoms with Crippen molar-refractivity contribution in [2.75, 3.05) is 7.11 Å². The molecule has 33 heavy (non-hydrogen) atoms. The monoisotopic (exact) mass is 570 g/mol. The molecule has 0 N–H and O–H groups in total. The van der Waals surface area contributed by atoms with Crippen molar-refractivity contribution in [1.29, 1.82) is 0 Å². The third-order valence-electron chi connectivity index (χ3n) is 5.57. The van der Waals surface area contributed by atoms with Gasteiger partial charge in [-0.05, 0) is 52.9 Å². The number of rotatable bonds is 6. The lowest BCUT2D eigenvalue weighted by atomic mass is 10.2. The third kappa shape index (κ3) is 3.49. The van der Waals surface area contributed by atoms with Crippen LogP contribution in [-0.4, -0.2) is 29.9 Å². The summed E-state index contributed by atoms with van der Waals surface area (Å²) < 4.78 is 36.4. The Labute approximate surface area is 204 Å². The molecule has 0 saturated heterocycles.